The quantitative estimate of drug-likeness (QED) is 0.604. The van der Waals surface area contributed by atoms with Gasteiger partial charge in [0.05, 0.1) is 17.8 Å². The molecule has 4 atom stereocenters. The van der Waals surface area contributed by atoms with Crippen LogP contribution in [0.5, 0.6) is 0 Å². The van der Waals surface area contributed by atoms with Gasteiger partial charge < -0.3 is 9.47 Å². The Balaban J connectivity index is 2.72. The molecule has 0 aliphatic carbocycles. The smallest absolute Gasteiger partial charge is 0.0725 e. The summed E-state index contributed by atoms with van der Waals surface area (Å²) in [4.78, 5) is 0. The Morgan fingerprint density at radius 2 is 1.92 bits per heavy atom. The maximum absolute atomic E-state index is 5.72. The average Bonchev–Trinajstić information content (AvgIpc) is 2.00. The molecule has 1 heterocycles. The predicted molar refractivity (Wildman–Crippen MR) is 49.2 cm³/mol. The van der Waals surface area contributed by atoms with Crippen molar-refractivity contribution in [2.24, 2.45) is 5.92 Å². The second-order valence-corrected chi connectivity index (χ2v) is 4.16. The van der Waals surface area contributed by atoms with Crippen LogP contribution < -0.4 is 0 Å². The molecule has 0 aromatic carbocycles. The Bertz CT molecular complexity index is 158. The summed E-state index contributed by atoms with van der Waals surface area (Å²) in [5.74, 6) is 0.471. The van der Waals surface area contributed by atoms with Crippen molar-refractivity contribution in [2.75, 3.05) is 7.11 Å². The fraction of sp³-hybridized carbons (Fsp3) is 1.00. The minimum atomic E-state index is -0.00289. The summed E-state index contributed by atoms with van der Waals surface area (Å²) >= 11 is 0. The van der Waals surface area contributed by atoms with Gasteiger partial charge in [-0.25, -0.2) is 0 Å². The maximum Gasteiger partial charge on any atom is 0.0725 e. The van der Waals surface area contributed by atoms with Gasteiger partial charge in [-0.15, -0.1) is 0 Å². The van der Waals surface area contributed by atoms with Crippen molar-refractivity contribution in [2.45, 2.75) is 51.9 Å². The number of hydrogen-bond donors (Lipinski definition) is 0. The summed E-state index contributed by atoms with van der Waals surface area (Å²) in [5.41, 5.74) is -0.00289. The molecule has 0 bridgehead atoms. The van der Waals surface area contributed by atoms with Crippen molar-refractivity contribution in [1.82, 2.24) is 0 Å². The molecule has 0 amide bonds. The summed E-state index contributed by atoms with van der Waals surface area (Å²) < 4.78 is 11.3. The first-order chi connectivity index (χ1) is 5.49. The molecule has 2 nitrogen and oxygen atoms in total. The highest BCUT2D eigenvalue weighted by Gasteiger charge is 2.41. The lowest BCUT2D eigenvalue weighted by molar-refractivity contribution is -0.175. The molecule has 12 heavy (non-hydrogen) atoms. The molecule has 2 heteroatoms. The largest absolute Gasteiger partial charge is 0.378 e. The minimum absolute atomic E-state index is 0.00289. The van der Waals surface area contributed by atoms with Gasteiger partial charge in [-0.3, -0.25) is 0 Å². The predicted octanol–water partition coefficient (Wildman–Crippen LogP) is 2.22. The van der Waals surface area contributed by atoms with Crippen molar-refractivity contribution in [1.29, 1.82) is 0 Å². The maximum atomic E-state index is 5.72. The van der Waals surface area contributed by atoms with Crippen LogP contribution in [-0.2, 0) is 9.47 Å². The van der Waals surface area contributed by atoms with Crippen molar-refractivity contribution >= 4 is 0 Å². The molecule has 1 rings (SSSR count). The molecule has 1 fully saturated rings. The van der Waals surface area contributed by atoms with E-state index in [4.69, 9.17) is 9.47 Å². The van der Waals surface area contributed by atoms with Crippen LogP contribution >= 0.6 is 0 Å². The monoisotopic (exact) mass is 172 g/mol. The van der Waals surface area contributed by atoms with E-state index in [1.807, 2.05) is 0 Å². The molecule has 1 saturated heterocycles. The highest BCUT2D eigenvalue weighted by atomic mass is 16.5. The summed E-state index contributed by atoms with van der Waals surface area (Å²) in [7, 11) is 1.79. The fourth-order valence-electron chi connectivity index (χ4n) is 2.05. The summed E-state index contributed by atoms with van der Waals surface area (Å²) in [5, 5.41) is 0. The van der Waals surface area contributed by atoms with E-state index in [1.165, 1.54) is 0 Å². The van der Waals surface area contributed by atoms with Crippen molar-refractivity contribution in [3.63, 3.8) is 0 Å². The van der Waals surface area contributed by atoms with Crippen LogP contribution in [0.1, 0.15) is 34.1 Å². The molecule has 0 N–H and O–H groups in total. The lowest BCUT2D eigenvalue weighted by Gasteiger charge is -2.44. The van der Waals surface area contributed by atoms with Crippen LogP contribution in [0.4, 0.5) is 0 Å². The molecule has 1 unspecified atom stereocenters. The normalized spacial score (nSPS) is 49.2. The second-order valence-electron chi connectivity index (χ2n) is 4.16. The Morgan fingerprint density at radius 1 is 1.33 bits per heavy atom. The molecule has 0 spiro atoms. The number of rotatable bonds is 1. The summed E-state index contributed by atoms with van der Waals surface area (Å²) in [6.07, 6.45) is 1.62. The van der Waals surface area contributed by atoms with Gasteiger partial charge in [-0.2, -0.15) is 0 Å². The van der Waals surface area contributed by atoms with E-state index in [0.717, 1.165) is 6.42 Å². The van der Waals surface area contributed by atoms with Gasteiger partial charge in [0.15, 0.2) is 0 Å². The van der Waals surface area contributed by atoms with Crippen LogP contribution in [0.15, 0.2) is 0 Å². The van der Waals surface area contributed by atoms with E-state index < -0.39 is 0 Å². The van der Waals surface area contributed by atoms with E-state index in [0.29, 0.717) is 18.1 Å². The minimum Gasteiger partial charge on any atom is -0.378 e. The van der Waals surface area contributed by atoms with Gasteiger partial charge in [0, 0.05) is 19.4 Å². The molecule has 0 aromatic rings. The molecular weight excluding hydrogens is 152 g/mol. The Morgan fingerprint density at radius 3 is 2.42 bits per heavy atom. The van der Waals surface area contributed by atoms with Gasteiger partial charge in [-0.05, 0) is 20.8 Å². The number of hydrogen-bond acceptors (Lipinski definition) is 2. The number of methoxy groups -OCH3 is 1. The zero-order chi connectivity index (χ0) is 9.35. The van der Waals surface area contributed by atoms with Gasteiger partial charge in [0.2, 0.25) is 0 Å². The highest BCUT2D eigenvalue weighted by molar-refractivity contribution is 4.90. The lowest BCUT2D eigenvalue weighted by atomic mass is 9.80. The first-order valence-corrected chi connectivity index (χ1v) is 4.70. The third-order valence-electron chi connectivity index (χ3n) is 3.27. The van der Waals surface area contributed by atoms with E-state index in [1.54, 1.807) is 7.11 Å². The zero-order valence-corrected chi connectivity index (χ0v) is 8.76. The SMILES string of the molecule is COC1(C)C[C@H](C)O[C@@H](C)[C@@H]1C. The molecule has 0 aromatic heterocycles. The number of ether oxygens (including phenoxy) is 2. The molecule has 1 aliphatic rings. The van der Waals surface area contributed by atoms with Gasteiger partial charge >= 0.3 is 0 Å². The van der Waals surface area contributed by atoms with Crippen molar-refractivity contribution in [3.8, 4) is 0 Å². The Kier molecular flexibility index (Phi) is 2.79. The second kappa shape index (κ2) is 3.35. The molecule has 0 saturated carbocycles. The molecular formula is C10H20O2. The Hall–Kier alpha value is -0.0800. The first-order valence-electron chi connectivity index (χ1n) is 4.70. The van der Waals surface area contributed by atoms with E-state index in [2.05, 4.69) is 27.7 Å². The standard InChI is InChI=1S/C10H20O2/c1-7-6-10(4,11-5)8(2)9(3)12-7/h7-9H,6H2,1-5H3/t7-,8-,9-,10?/m0/s1. The van der Waals surface area contributed by atoms with E-state index in [9.17, 15) is 0 Å². The summed E-state index contributed by atoms with van der Waals surface area (Å²) in [6, 6.07) is 0. The molecule has 0 radical (unpaired) electrons. The highest BCUT2D eigenvalue weighted by Crippen LogP contribution is 2.35. The lowest BCUT2D eigenvalue weighted by Crippen LogP contribution is -2.49. The van der Waals surface area contributed by atoms with Crippen molar-refractivity contribution < 1.29 is 9.47 Å². The topological polar surface area (TPSA) is 18.5 Å². The Labute approximate surface area is 75.2 Å². The van der Waals surface area contributed by atoms with Gasteiger partial charge in [0.1, 0.15) is 0 Å². The third-order valence-corrected chi connectivity index (χ3v) is 3.27. The van der Waals surface area contributed by atoms with Crippen LogP contribution in [0.2, 0.25) is 0 Å². The van der Waals surface area contributed by atoms with Crippen molar-refractivity contribution in [3.05, 3.63) is 0 Å². The van der Waals surface area contributed by atoms with Gasteiger partial charge in [0.25, 0.3) is 0 Å². The van der Waals surface area contributed by atoms with E-state index >= 15 is 0 Å². The summed E-state index contributed by atoms with van der Waals surface area (Å²) in [6.45, 7) is 8.60. The van der Waals surface area contributed by atoms with E-state index in [-0.39, 0.29) is 5.60 Å². The molecule has 1 aliphatic heterocycles. The third kappa shape index (κ3) is 1.64. The van der Waals surface area contributed by atoms with Gasteiger partial charge in [-0.1, -0.05) is 6.92 Å². The van der Waals surface area contributed by atoms with Crippen LogP contribution in [0, 0.1) is 5.92 Å². The van der Waals surface area contributed by atoms with Crippen LogP contribution in [0.25, 0.3) is 0 Å². The van der Waals surface area contributed by atoms with Crippen LogP contribution in [-0.4, -0.2) is 24.9 Å². The average molecular weight is 172 g/mol. The van der Waals surface area contributed by atoms with Crippen LogP contribution in [0.3, 0.4) is 0 Å². The zero-order valence-electron chi connectivity index (χ0n) is 8.76. The molecule has 72 valence electrons. The first kappa shape index (κ1) is 10.0. The fourth-order valence-corrected chi connectivity index (χ4v) is 2.05.